The van der Waals surface area contributed by atoms with Crippen LogP contribution in [0.4, 0.5) is 0 Å². The Bertz CT molecular complexity index is 711. The smallest absolute Gasteiger partial charge is 0.408 e. The number of benzene rings is 1. The van der Waals surface area contributed by atoms with Gasteiger partial charge in [-0.1, -0.05) is 6.07 Å². The number of hydrogen-bond donors (Lipinski definition) is 2. The summed E-state index contributed by atoms with van der Waals surface area (Å²) >= 11 is 0. The van der Waals surface area contributed by atoms with Gasteiger partial charge in [-0.05, 0) is 43.6 Å². The maximum absolute atomic E-state index is 11.4. The van der Waals surface area contributed by atoms with Crippen molar-refractivity contribution >= 4 is 11.1 Å². The highest BCUT2D eigenvalue weighted by Gasteiger charge is 2.26. The van der Waals surface area contributed by atoms with Crippen LogP contribution in [0.2, 0.25) is 0 Å². The summed E-state index contributed by atoms with van der Waals surface area (Å²) in [5.74, 6) is -0.378. The summed E-state index contributed by atoms with van der Waals surface area (Å²) in [6.07, 6.45) is 2.55. The maximum Gasteiger partial charge on any atom is 0.417 e. The molecule has 23 heavy (non-hydrogen) atoms. The fourth-order valence-electron chi connectivity index (χ4n) is 3.79. The first-order valence-electron chi connectivity index (χ1n) is 8.59. The largest absolute Gasteiger partial charge is 0.417 e. The molecule has 1 aromatic carbocycles. The Morgan fingerprint density at radius 2 is 1.91 bits per heavy atom. The number of aromatic amines is 1. The average molecular weight is 316 g/mol. The Kier molecular flexibility index (Phi) is 4.20. The molecule has 2 fully saturated rings. The second-order valence-corrected chi connectivity index (χ2v) is 6.58. The predicted molar refractivity (Wildman–Crippen MR) is 89.7 cm³/mol. The summed E-state index contributed by atoms with van der Waals surface area (Å²) < 4.78 is 5.26. The number of nitrogens with zero attached hydrogens (tertiary/aromatic N) is 2. The quantitative estimate of drug-likeness (QED) is 0.886. The Labute approximate surface area is 135 Å². The number of piperazine rings is 1. The molecule has 3 heterocycles. The van der Waals surface area contributed by atoms with E-state index in [9.17, 15) is 4.79 Å². The standard InChI is InChI=1S/C17H24N4O2/c22-17-19-14-4-3-13(11-16(14)23-17)15(21-7-1-2-8-21)12-20-9-5-18-6-10-20/h3-4,11,15,18H,1-2,5-10,12H2,(H,19,22). The third kappa shape index (κ3) is 3.20. The van der Waals surface area contributed by atoms with E-state index >= 15 is 0 Å². The number of H-pyrrole nitrogens is 1. The van der Waals surface area contributed by atoms with Crippen LogP contribution in [0.1, 0.15) is 24.4 Å². The number of hydrogen-bond acceptors (Lipinski definition) is 5. The van der Waals surface area contributed by atoms with Gasteiger partial charge in [-0.15, -0.1) is 0 Å². The third-order valence-electron chi connectivity index (χ3n) is 5.05. The first-order chi connectivity index (χ1) is 11.3. The second-order valence-electron chi connectivity index (χ2n) is 6.58. The van der Waals surface area contributed by atoms with Crippen molar-refractivity contribution in [3.8, 4) is 0 Å². The van der Waals surface area contributed by atoms with E-state index in [0.717, 1.165) is 51.3 Å². The zero-order valence-corrected chi connectivity index (χ0v) is 13.4. The predicted octanol–water partition coefficient (Wildman–Crippen LogP) is 1.16. The van der Waals surface area contributed by atoms with Gasteiger partial charge in [0.25, 0.3) is 0 Å². The molecule has 0 aliphatic carbocycles. The van der Waals surface area contributed by atoms with Gasteiger partial charge in [0.1, 0.15) is 0 Å². The van der Waals surface area contributed by atoms with E-state index in [1.165, 1.54) is 18.4 Å². The van der Waals surface area contributed by atoms with Crippen LogP contribution in [-0.2, 0) is 0 Å². The first-order valence-corrected chi connectivity index (χ1v) is 8.59. The van der Waals surface area contributed by atoms with E-state index in [-0.39, 0.29) is 5.76 Å². The van der Waals surface area contributed by atoms with Crippen LogP contribution in [0.15, 0.2) is 27.4 Å². The molecule has 1 atom stereocenters. The van der Waals surface area contributed by atoms with E-state index in [1.54, 1.807) is 0 Å². The lowest BCUT2D eigenvalue weighted by molar-refractivity contribution is 0.150. The Morgan fingerprint density at radius 1 is 1.13 bits per heavy atom. The molecule has 1 aromatic heterocycles. The zero-order chi connectivity index (χ0) is 15.6. The molecule has 0 amide bonds. The molecule has 0 saturated carbocycles. The number of oxazole rings is 1. The van der Waals surface area contributed by atoms with E-state index in [4.69, 9.17) is 4.42 Å². The van der Waals surface area contributed by atoms with Gasteiger partial charge in [0, 0.05) is 38.8 Å². The summed E-state index contributed by atoms with van der Waals surface area (Å²) in [7, 11) is 0. The molecule has 0 bridgehead atoms. The van der Waals surface area contributed by atoms with Gasteiger partial charge in [0.15, 0.2) is 5.58 Å². The fraction of sp³-hybridized carbons (Fsp3) is 0.588. The summed E-state index contributed by atoms with van der Waals surface area (Å²) in [5, 5.41) is 3.42. The Balaban J connectivity index is 1.62. The van der Waals surface area contributed by atoms with Crippen LogP contribution >= 0.6 is 0 Å². The van der Waals surface area contributed by atoms with E-state index < -0.39 is 0 Å². The highest BCUT2D eigenvalue weighted by Crippen LogP contribution is 2.28. The maximum atomic E-state index is 11.4. The molecule has 2 aliphatic rings. The highest BCUT2D eigenvalue weighted by molar-refractivity contribution is 5.72. The molecular formula is C17H24N4O2. The van der Waals surface area contributed by atoms with E-state index in [0.29, 0.717) is 11.6 Å². The van der Waals surface area contributed by atoms with Gasteiger partial charge < -0.3 is 9.73 Å². The molecule has 6 heteroatoms. The van der Waals surface area contributed by atoms with Crippen molar-refractivity contribution in [1.29, 1.82) is 0 Å². The molecule has 0 spiro atoms. The zero-order valence-electron chi connectivity index (χ0n) is 13.4. The van der Waals surface area contributed by atoms with Gasteiger partial charge in [-0.2, -0.15) is 0 Å². The van der Waals surface area contributed by atoms with E-state index in [1.807, 2.05) is 12.1 Å². The Hall–Kier alpha value is -1.63. The summed E-state index contributed by atoms with van der Waals surface area (Å²) in [5.41, 5.74) is 2.69. The summed E-state index contributed by atoms with van der Waals surface area (Å²) in [6.45, 7) is 7.70. The van der Waals surface area contributed by atoms with E-state index in [2.05, 4.69) is 26.2 Å². The van der Waals surface area contributed by atoms with Crippen LogP contribution < -0.4 is 11.1 Å². The molecule has 2 saturated heterocycles. The summed E-state index contributed by atoms with van der Waals surface area (Å²) in [4.78, 5) is 19.2. The lowest BCUT2D eigenvalue weighted by Crippen LogP contribution is -2.47. The van der Waals surface area contributed by atoms with Crippen molar-refractivity contribution in [1.82, 2.24) is 20.1 Å². The molecule has 2 N–H and O–H groups in total. The molecule has 6 nitrogen and oxygen atoms in total. The van der Waals surface area contributed by atoms with Crippen LogP contribution in [0.5, 0.6) is 0 Å². The molecule has 124 valence electrons. The Morgan fingerprint density at radius 3 is 2.70 bits per heavy atom. The number of nitrogens with one attached hydrogen (secondary N) is 2. The van der Waals surface area contributed by atoms with Gasteiger partial charge in [0.05, 0.1) is 5.52 Å². The number of likely N-dealkylation sites (tertiary alicyclic amines) is 1. The van der Waals surface area contributed by atoms with Crippen molar-refractivity contribution in [2.24, 2.45) is 0 Å². The van der Waals surface area contributed by atoms with Crippen molar-refractivity contribution in [2.75, 3.05) is 45.8 Å². The minimum Gasteiger partial charge on any atom is -0.408 e. The van der Waals surface area contributed by atoms with Gasteiger partial charge >= 0.3 is 5.76 Å². The van der Waals surface area contributed by atoms with Crippen molar-refractivity contribution in [3.63, 3.8) is 0 Å². The normalized spacial score (nSPS) is 21.9. The number of aromatic nitrogens is 1. The van der Waals surface area contributed by atoms with Gasteiger partial charge in [-0.3, -0.25) is 14.8 Å². The van der Waals surface area contributed by atoms with Crippen molar-refractivity contribution in [2.45, 2.75) is 18.9 Å². The second kappa shape index (κ2) is 6.47. The first kappa shape index (κ1) is 14.9. The summed E-state index contributed by atoms with van der Waals surface area (Å²) in [6, 6.07) is 6.52. The van der Waals surface area contributed by atoms with Crippen molar-refractivity contribution in [3.05, 3.63) is 34.3 Å². The molecule has 4 rings (SSSR count). The number of fused-ring (bicyclic) bond motifs is 1. The SMILES string of the molecule is O=c1[nH]c2ccc(C(CN3CCNCC3)N3CCCC3)cc2o1. The molecule has 2 aliphatic heterocycles. The number of rotatable bonds is 4. The lowest BCUT2D eigenvalue weighted by atomic mass is 10.0. The molecular weight excluding hydrogens is 292 g/mol. The van der Waals surface area contributed by atoms with Crippen LogP contribution in [-0.4, -0.2) is 60.6 Å². The third-order valence-corrected chi connectivity index (χ3v) is 5.05. The molecule has 1 unspecified atom stereocenters. The minimum atomic E-state index is -0.378. The van der Waals surface area contributed by atoms with Crippen molar-refractivity contribution < 1.29 is 4.42 Å². The van der Waals surface area contributed by atoms with Crippen LogP contribution in [0.3, 0.4) is 0 Å². The molecule has 2 aromatic rings. The average Bonchev–Trinajstić information content (AvgIpc) is 3.21. The van der Waals surface area contributed by atoms with Crippen LogP contribution in [0, 0.1) is 0 Å². The lowest BCUT2D eigenvalue weighted by Gasteiger charge is -2.35. The topological polar surface area (TPSA) is 64.5 Å². The molecule has 0 radical (unpaired) electrons. The highest BCUT2D eigenvalue weighted by atomic mass is 16.4. The van der Waals surface area contributed by atoms with Gasteiger partial charge in [-0.25, -0.2) is 4.79 Å². The fourth-order valence-corrected chi connectivity index (χ4v) is 3.79. The van der Waals surface area contributed by atoms with Gasteiger partial charge in [0.2, 0.25) is 0 Å². The minimum absolute atomic E-state index is 0.375. The van der Waals surface area contributed by atoms with Crippen LogP contribution in [0.25, 0.3) is 11.1 Å². The monoisotopic (exact) mass is 316 g/mol.